The van der Waals surface area contributed by atoms with Gasteiger partial charge in [0, 0.05) is 18.4 Å². The molecule has 2 aromatic heterocycles. The zero-order valence-electron chi connectivity index (χ0n) is 18.3. The van der Waals surface area contributed by atoms with Crippen LogP contribution in [0, 0.1) is 11.8 Å². The van der Waals surface area contributed by atoms with E-state index in [1.54, 1.807) is 0 Å². The predicted octanol–water partition coefficient (Wildman–Crippen LogP) is 5.38. The second-order valence-corrected chi connectivity index (χ2v) is 9.50. The summed E-state index contributed by atoms with van der Waals surface area (Å²) in [6.07, 6.45) is 15.4. The number of anilines is 2. The van der Waals surface area contributed by atoms with Crippen molar-refractivity contribution in [2.24, 2.45) is 17.6 Å². The predicted molar refractivity (Wildman–Crippen MR) is 125 cm³/mol. The number of nitrogens with two attached hydrogens (primary N) is 1. The third kappa shape index (κ3) is 4.74. The highest BCUT2D eigenvalue weighted by molar-refractivity contribution is 5.75. The van der Waals surface area contributed by atoms with E-state index in [-0.39, 0.29) is 0 Å². The van der Waals surface area contributed by atoms with Gasteiger partial charge < -0.3 is 11.1 Å². The lowest BCUT2D eigenvalue weighted by Gasteiger charge is -2.27. The van der Waals surface area contributed by atoms with Crippen LogP contribution in [0.5, 0.6) is 0 Å². The molecule has 2 aliphatic carbocycles. The second-order valence-electron chi connectivity index (χ2n) is 9.50. The van der Waals surface area contributed by atoms with Crippen LogP contribution in [0.4, 0.5) is 11.6 Å². The summed E-state index contributed by atoms with van der Waals surface area (Å²) in [4.78, 5) is 9.30. The normalized spacial score (nSPS) is 22.6. The molecule has 0 spiro atoms. The van der Waals surface area contributed by atoms with E-state index in [1.165, 1.54) is 63.4 Å². The van der Waals surface area contributed by atoms with Crippen LogP contribution >= 0.6 is 0 Å². The second kappa shape index (κ2) is 9.35. The van der Waals surface area contributed by atoms with Crippen molar-refractivity contribution in [1.29, 1.82) is 0 Å². The Morgan fingerprint density at radius 3 is 2.39 bits per heavy atom. The smallest absolute Gasteiger partial charge is 0.229 e. The van der Waals surface area contributed by atoms with Crippen LogP contribution in [0.2, 0.25) is 0 Å². The fourth-order valence-electron chi connectivity index (χ4n) is 5.36. The molecule has 31 heavy (non-hydrogen) atoms. The number of hydrogen-bond acceptors (Lipinski definition) is 5. The molecule has 0 atom stereocenters. The van der Waals surface area contributed by atoms with E-state index in [1.807, 2.05) is 12.4 Å². The number of aromatic nitrogens is 4. The maximum absolute atomic E-state index is 5.84. The van der Waals surface area contributed by atoms with Crippen molar-refractivity contribution in [1.82, 2.24) is 19.7 Å². The molecule has 5 rings (SSSR count). The van der Waals surface area contributed by atoms with Crippen LogP contribution < -0.4 is 11.1 Å². The molecule has 3 aromatic rings. The van der Waals surface area contributed by atoms with Crippen molar-refractivity contribution in [2.45, 2.75) is 70.3 Å². The molecule has 6 heteroatoms. The van der Waals surface area contributed by atoms with E-state index in [2.05, 4.69) is 44.3 Å². The van der Waals surface area contributed by atoms with Crippen LogP contribution in [0.25, 0.3) is 11.0 Å². The number of nitrogens with zero attached hydrogens (tertiary/aromatic N) is 4. The molecular weight excluding hydrogens is 384 g/mol. The number of hydrogen-bond donors (Lipinski definition) is 2. The summed E-state index contributed by atoms with van der Waals surface area (Å²) in [5.74, 6) is 2.72. The van der Waals surface area contributed by atoms with Gasteiger partial charge in [0.1, 0.15) is 0 Å². The molecule has 0 amide bonds. The van der Waals surface area contributed by atoms with E-state index >= 15 is 0 Å². The first-order valence-corrected chi connectivity index (χ1v) is 12.0. The molecule has 0 saturated heterocycles. The maximum Gasteiger partial charge on any atom is 0.229 e. The monoisotopic (exact) mass is 418 g/mol. The highest BCUT2D eigenvalue weighted by Crippen LogP contribution is 2.33. The molecule has 6 nitrogen and oxygen atoms in total. The Morgan fingerprint density at radius 1 is 0.903 bits per heavy atom. The van der Waals surface area contributed by atoms with Gasteiger partial charge in [0.25, 0.3) is 0 Å². The van der Waals surface area contributed by atoms with Crippen molar-refractivity contribution < 1.29 is 0 Å². The number of rotatable bonds is 6. The average molecular weight is 419 g/mol. The molecule has 2 saturated carbocycles. The van der Waals surface area contributed by atoms with Crippen LogP contribution in [-0.2, 0) is 6.54 Å². The summed E-state index contributed by atoms with van der Waals surface area (Å²) in [7, 11) is 0. The molecule has 0 aliphatic heterocycles. The van der Waals surface area contributed by atoms with E-state index < -0.39 is 0 Å². The maximum atomic E-state index is 5.84. The van der Waals surface area contributed by atoms with Gasteiger partial charge in [-0.05, 0) is 80.5 Å². The Balaban J connectivity index is 1.27. The average Bonchev–Trinajstić information content (AvgIpc) is 3.22. The van der Waals surface area contributed by atoms with Gasteiger partial charge in [-0.1, -0.05) is 31.4 Å². The van der Waals surface area contributed by atoms with Crippen LogP contribution in [0.1, 0.15) is 69.3 Å². The Hall–Kier alpha value is -2.47. The number of fused-ring (bicyclic) bond motifs is 1. The summed E-state index contributed by atoms with van der Waals surface area (Å²) in [5, 5.41) is 8.98. The lowest BCUT2D eigenvalue weighted by atomic mass is 9.82. The Bertz CT molecular complexity index is 981. The van der Waals surface area contributed by atoms with E-state index in [9.17, 15) is 0 Å². The highest BCUT2D eigenvalue weighted by Gasteiger charge is 2.21. The lowest BCUT2D eigenvalue weighted by Crippen LogP contribution is -2.24. The summed E-state index contributed by atoms with van der Waals surface area (Å²) < 4.78 is 2.06. The Kier molecular flexibility index (Phi) is 6.16. The summed E-state index contributed by atoms with van der Waals surface area (Å²) in [5.41, 5.74) is 9.25. The van der Waals surface area contributed by atoms with Gasteiger partial charge in [-0.15, -0.1) is 0 Å². The zero-order valence-corrected chi connectivity index (χ0v) is 18.3. The molecule has 164 valence electrons. The minimum absolute atomic E-state index is 0.631. The number of benzene rings is 1. The molecular formula is C25H34N6. The lowest BCUT2D eigenvalue weighted by molar-refractivity contribution is 0.252. The fourth-order valence-corrected chi connectivity index (χ4v) is 5.36. The quantitative estimate of drug-likeness (QED) is 0.561. The molecule has 3 N–H and O–H groups in total. The van der Waals surface area contributed by atoms with E-state index in [0.29, 0.717) is 17.8 Å². The SMILES string of the molecule is NC[C@H]1CC[C@H](Cn2ncc3cnc(Nc4ccc(C5CCCCC5)cc4)nc32)CC1. The van der Waals surface area contributed by atoms with Gasteiger partial charge in [0.15, 0.2) is 5.65 Å². The van der Waals surface area contributed by atoms with Crippen LogP contribution in [-0.4, -0.2) is 26.3 Å². The number of nitrogens with one attached hydrogen (secondary N) is 1. The molecule has 0 unspecified atom stereocenters. The molecule has 2 heterocycles. The topological polar surface area (TPSA) is 81.7 Å². The molecule has 2 fully saturated rings. The van der Waals surface area contributed by atoms with Crippen LogP contribution in [0.15, 0.2) is 36.7 Å². The Morgan fingerprint density at radius 2 is 1.65 bits per heavy atom. The minimum Gasteiger partial charge on any atom is -0.330 e. The molecule has 0 radical (unpaired) electrons. The van der Waals surface area contributed by atoms with Gasteiger partial charge in [0.2, 0.25) is 5.95 Å². The van der Waals surface area contributed by atoms with Crippen molar-refractivity contribution in [3.05, 3.63) is 42.2 Å². The van der Waals surface area contributed by atoms with Gasteiger partial charge in [-0.25, -0.2) is 9.67 Å². The largest absolute Gasteiger partial charge is 0.330 e. The van der Waals surface area contributed by atoms with Crippen molar-refractivity contribution >= 4 is 22.7 Å². The van der Waals surface area contributed by atoms with Gasteiger partial charge in [-0.3, -0.25) is 0 Å². The molecule has 1 aromatic carbocycles. The van der Waals surface area contributed by atoms with E-state index in [0.717, 1.165) is 35.7 Å². The van der Waals surface area contributed by atoms with Crippen molar-refractivity contribution in [3.8, 4) is 0 Å². The molecule has 2 aliphatic rings. The first-order valence-electron chi connectivity index (χ1n) is 12.0. The first kappa shape index (κ1) is 20.4. The summed E-state index contributed by atoms with van der Waals surface area (Å²) in [6, 6.07) is 8.84. The van der Waals surface area contributed by atoms with Crippen molar-refractivity contribution in [2.75, 3.05) is 11.9 Å². The zero-order chi connectivity index (χ0) is 21.0. The van der Waals surface area contributed by atoms with Crippen molar-refractivity contribution in [3.63, 3.8) is 0 Å². The summed E-state index contributed by atoms with van der Waals surface area (Å²) >= 11 is 0. The minimum atomic E-state index is 0.631. The summed E-state index contributed by atoms with van der Waals surface area (Å²) in [6.45, 7) is 1.74. The van der Waals surface area contributed by atoms with Crippen LogP contribution in [0.3, 0.4) is 0 Å². The third-order valence-electron chi connectivity index (χ3n) is 7.35. The first-order chi connectivity index (χ1) is 15.3. The standard InChI is InChI=1S/C25H34N6/c26-14-18-6-8-19(9-7-18)17-31-24-22(16-28-31)15-27-25(30-24)29-23-12-10-21(11-13-23)20-4-2-1-3-5-20/h10-13,15-16,18-20H,1-9,14,17,26H2,(H,27,29,30)/t18-,19-. The Labute approximate surface area is 184 Å². The fraction of sp³-hybridized carbons (Fsp3) is 0.560. The van der Waals surface area contributed by atoms with E-state index in [4.69, 9.17) is 10.7 Å². The van der Waals surface area contributed by atoms with Gasteiger partial charge >= 0.3 is 0 Å². The third-order valence-corrected chi connectivity index (χ3v) is 7.35. The van der Waals surface area contributed by atoms with Gasteiger partial charge in [0.05, 0.1) is 11.6 Å². The highest BCUT2D eigenvalue weighted by atomic mass is 15.3. The van der Waals surface area contributed by atoms with Gasteiger partial charge in [-0.2, -0.15) is 10.1 Å². The molecule has 0 bridgehead atoms.